The van der Waals surface area contributed by atoms with Crippen molar-refractivity contribution in [2.45, 2.75) is 9.92 Å². The van der Waals surface area contributed by atoms with Gasteiger partial charge in [-0.15, -0.1) is 0 Å². The molecule has 0 unspecified atom stereocenters. The third-order valence-corrected chi connectivity index (χ3v) is 5.38. The molecule has 2 N–H and O–H groups in total. The van der Waals surface area contributed by atoms with Gasteiger partial charge in [-0.1, -0.05) is 60.3 Å². The average Bonchev–Trinajstić information content (AvgIpc) is 2.80. The molecule has 0 saturated heterocycles. The highest BCUT2D eigenvalue weighted by atomic mass is 32.2. The minimum absolute atomic E-state index is 0.103. The molecule has 0 aliphatic carbocycles. The van der Waals surface area contributed by atoms with Crippen LogP contribution in [0.15, 0.2) is 107 Å². The summed E-state index contributed by atoms with van der Waals surface area (Å²) in [6.07, 6.45) is 0. The van der Waals surface area contributed by atoms with Crippen LogP contribution in [0.4, 0.5) is 21.9 Å². The predicted octanol–water partition coefficient (Wildman–Crippen LogP) is 6.45. The van der Waals surface area contributed by atoms with Crippen LogP contribution in [0.5, 0.6) is 0 Å². The first-order valence-corrected chi connectivity index (χ1v) is 10.5. The van der Waals surface area contributed by atoms with Gasteiger partial charge < -0.3 is 10.6 Å². The maximum atomic E-state index is 12.3. The number of amides is 2. The topological polar surface area (TPSA) is 97.2 Å². The summed E-state index contributed by atoms with van der Waals surface area (Å²) in [6, 6.07) is 28.2. The van der Waals surface area contributed by atoms with Gasteiger partial charge in [0.25, 0.3) is 5.69 Å². The summed E-state index contributed by atoms with van der Waals surface area (Å²) in [5, 5.41) is 17.7. The average molecular weight is 443 g/mol. The first kappa shape index (κ1) is 21.1. The molecule has 0 bridgehead atoms. The third-order valence-electron chi connectivity index (χ3n) is 4.44. The fourth-order valence-electron chi connectivity index (χ4n) is 3.02. The molecule has 0 aliphatic rings. The zero-order valence-electron chi connectivity index (χ0n) is 16.8. The number of carbonyl (C=O) groups excluding carboxylic acids is 1. The van der Waals surface area contributed by atoms with E-state index in [0.717, 1.165) is 4.90 Å². The number of nitrogens with zero attached hydrogens (tertiary/aromatic N) is 2. The van der Waals surface area contributed by atoms with Gasteiger partial charge in [0, 0.05) is 27.9 Å². The summed E-state index contributed by atoms with van der Waals surface area (Å²) in [7, 11) is 0. The molecule has 0 radical (unpaired) electrons. The summed E-state index contributed by atoms with van der Waals surface area (Å²) >= 11 is 1.42. The number of hydrogen-bond donors (Lipinski definition) is 2. The number of para-hydroxylation sites is 1. The lowest BCUT2D eigenvalue weighted by atomic mass is 10.1. The zero-order chi connectivity index (χ0) is 22.3. The highest BCUT2D eigenvalue weighted by Gasteiger charge is 2.19. The molecule has 158 valence electrons. The minimum atomic E-state index is -0.457. The number of pyridine rings is 1. The number of aromatic nitrogens is 1. The lowest BCUT2D eigenvalue weighted by Gasteiger charge is -2.10. The van der Waals surface area contributed by atoms with Crippen molar-refractivity contribution in [3.05, 3.63) is 107 Å². The van der Waals surface area contributed by atoms with Crippen LogP contribution in [0.3, 0.4) is 0 Å². The molecule has 0 saturated carbocycles. The second-order valence-electron chi connectivity index (χ2n) is 6.72. The van der Waals surface area contributed by atoms with Gasteiger partial charge in [-0.25, -0.2) is 9.78 Å². The molecule has 1 heterocycles. The van der Waals surface area contributed by atoms with Crippen LogP contribution >= 0.6 is 11.8 Å². The molecule has 0 spiro atoms. The molecule has 4 aromatic rings. The monoisotopic (exact) mass is 442 g/mol. The van der Waals surface area contributed by atoms with Crippen molar-refractivity contribution >= 4 is 34.9 Å². The predicted molar refractivity (Wildman–Crippen MR) is 126 cm³/mol. The number of nitrogens with one attached hydrogen (secondary N) is 2. The Bertz CT molecular complexity index is 1250. The number of urea groups is 1. The molecule has 32 heavy (non-hydrogen) atoms. The highest BCUT2D eigenvalue weighted by molar-refractivity contribution is 7.99. The molecule has 3 aromatic carbocycles. The van der Waals surface area contributed by atoms with E-state index in [9.17, 15) is 14.9 Å². The third kappa shape index (κ3) is 5.30. The number of rotatable bonds is 6. The molecule has 1 aromatic heterocycles. The Hall–Kier alpha value is -4.17. The molecular formula is C24H18N4O3S. The van der Waals surface area contributed by atoms with Gasteiger partial charge in [0.05, 0.1) is 4.92 Å². The van der Waals surface area contributed by atoms with E-state index in [4.69, 9.17) is 0 Å². The number of hydrogen-bond acceptors (Lipinski definition) is 5. The normalized spacial score (nSPS) is 10.4. The van der Waals surface area contributed by atoms with E-state index in [2.05, 4.69) is 15.6 Å². The number of carbonyl (C=O) groups is 1. The summed E-state index contributed by atoms with van der Waals surface area (Å²) < 4.78 is 0. The molecule has 0 fully saturated rings. The maximum Gasteiger partial charge on any atom is 0.323 e. The smallest absolute Gasteiger partial charge is 0.308 e. The quantitative estimate of drug-likeness (QED) is 0.264. The Balaban J connectivity index is 1.60. The van der Waals surface area contributed by atoms with Gasteiger partial charge >= 0.3 is 6.03 Å². The van der Waals surface area contributed by atoms with Crippen molar-refractivity contribution < 1.29 is 9.72 Å². The fraction of sp³-hybridized carbons (Fsp3) is 0. The summed E-state index contributed by atoms with van der Waals surface area (Å²) in [5.41, 5.74) is 1.82. The molecular weight excluding hydrogens is 424 g/mol. The van der Waals surface area contributed by atoms with Crippen LogP contribution in [0, 0.1) is 10.1 Å². The van der Waals surface area contributed by atoms with Gasteiger partial charge in [-0.3, -0.25) is 10.1 Å². The molecule has 2 amide bonds. The van der Waals surface area contributed by atoms with Crippen LogP contribution in [0.2, 0.25) is 0 Å². The first-order chi connectivity index (χ1) is 15.6. The van der Waals surface area contributed by atoms with Gasteiger partial charge in [0.2, 0.25) is 0 Å². The van der Waals surface area contributed by atoms with E-state index < -0.39 is 11.0 Å². The van der Waals surface area contributed by atoms with E-state index in [1.54, 1.807) is 42.5 Å². The lowest BCUT2D eigenvalue weighted by Crippen LogP contribution is -2.19. The van der Waals surface area contributed by atoms with Crippen LogP contribution < -0.4 is 10.6 Å². The van der Waals surface area contributed by atoms with Crippen LogP contribution in [0.1, 0.15) is 0 Å². The summed E-state index contributed by atoms with van der Waals surface area (Å²) in [4.78, 5) is 29.0. The van der Waals surface area contributed by atoms with Gasteiger partial charge in [-0.2, -0.15) is 0 Å². The number of nitro groups is 1. The van der Waals surface area contributed by atoms with E-state index in [1.165, 1.54) is 17.8 Å². The Morgan fingerprint density at radius 3 is 2.19 bits per heavy atom. The van der Waals surface area contributed by atoms with E-state index in [1.807, 2.05) is 48.5 Å². The number of benzene rings is 3. The maximum absolute atomic E-state index is 12.3. The van der Waals surface area contributed by atoms with E-state index in [0.29, 0.717) is 22.0 Å². The first-order valence-electron chi connectivity index (χ1n) is 9.70. The van der Waals surface area contributed by atoms with Crippen LogP contribution in [-0.2, 0) is 0 Å². The molecule has 0 atom stereocenters. The summed E-state index contributed by atoms with van der Waals surface area (Å²) in [6.45, 7) is 0. The summed E-state index contributed by atoms with van der Waals surface area (Å²) in [5.74, 6) is 0. The van der Waals surface area contributed by atoms with Gasteiger partial charge in [0.1, 0.15) is 10.7 Å². The standard InChI is InChI=1S/C24H18N4O3S/c29-24(25-18-9-3-1-4-10-18)26-19-11-7-8-17(16-19)23-21(28(30)31)14-15-22(27-23)32-20-12-5-2-6-13-20/h1-16H,(H2,25,26,29). The van der Waals surface area contributed by atoms with Crippen molar-refractivity contribution in [3.63, 3.8) is 0 Å². The lowest BCUT2D eigenvalue weighted by molar-refractivity contribution is -0.384. The number of anilines is 2. The van der Waals surface area contributed by atoms with Crippen molar-refractivity contribution in [1.29, 1.82) is 0 Å². The Kier molecular flexibility index (Phi) is 6.43. The molecule has 0 aliphatic heterocycles. The molecule has 4 rings (SSSR count). The Morgan fingerprint density at radius 1 is 0.812 bits per heavy atom. The van der Waals surface area contributed by atoms with Crippen LogP contribution in [0.25, 0.3) is 11.3 Å². The van der Waals surface area contributed by atoms with Crippen LogP contribution in [-0.4, -0.2) is 15.9 Å². The second kappa shape index (κ2) is 9.76. The van der Waals surface area contributed by atoms with Crippen molar-refractivity contribution in [2.75, 3.05) is 10.6 Å². The SMILES string of the molecule is O=C(Nc1ccccc1)Nc1cccc(-c2nc(Sc3ccccc3)ccc2[N+](=O)[O-])c1. The largest absolute Gasteiger partial charge is 0.323 e. The van der Waals surface area contributed by atoms with Crippen molar-refractivity contribution in [3.8, 4) is 11.3 Å². The van der Waals surface area contributed by atoms with Crippen molar-refractivity contribution in [2.24, 2.45) is 0 Å². The Morgan fingerprint density at radius 2 is 1.47 bits per heavy atom. The van der Waals surface area contributed by atoms with Gasteiger partial charge in [-0.05, 0) is 42.5 Å². The molecule has 7 nitrogen and oxygen atoms in total. The molecule has 8 heteroatoms. The van der Waals surface area contributed by atoms with E-state index >= 15 is 0 Å². The van der Waals surface area contributed by atoms with Crippen molar-refractivity contribution in [1.82, 2.24) is 4.98 Å². The second-order valence-corrected chi connectivity index (χ2v) is 7.81. The fourth-order valence-corrected chi connectivity index (χ4v) is 3.83. The van der Waals surface area contributed by atoms with E-state index in [-0.39, 0.29) is 11.4 Å². The Labute approximate surface area is 188 Å². The highest BCUT2D eigenvalue weighted by Crippen LogP contribution is 2.34. The van der Waals surface area contributed by atoms with Gasteiger partial charge in [0.15, 0.2) is 0 Å². The minimum Gasteiger partial charge on any atom is -0.308 e. The zero-order valence-corrected chi connectivity index (χ0v) is 17.6.